The summed E-state index contributed by atoms with van der Waals surface area (Å²) in [6.07, 6.45) is 1.77. The van der Waals surface area contributed by atoms with Gasteiger partial charge in [0, 0.05) is 5.56 Å². The van der Waals surface area contributed by atoms with Gasteiger partial charge in [-0.25, -0.2) is 9.59 Å². The second-order valence-corrected chi connectivity index (χ2v) is 6.07. The van der Waals surface area contributed by atoms with Gasteiger partial charge < -0.3 is 10.2 Å². The van der Waals surface area contributed by atoms with Gasteiger partial charge in [0.15, 0.2) is 0 Å². The molecule has 0 saturated heterocycles. The second-order valence-electron chi connectivity index (χ2n) is 3.97. The zero-order chi connectivity index (χ0) is 15.6. The van der Waals surface area contributed by atoms with Gasteiger partial charge in [0.05, 0.1) is 15.3 Å². The molecule has 106 valence electrons. The summed E-state index contributed by atoms with van der Waals surface area (Å²) in [6, 6.07) is 7.85. The molecule has 0 saturated carbocycles. The van der Waals surface area contributed by atoms with Crippen molar-refractivity contribution in [2.75, 3.05) is 6.26 Å². The zero-order valence-electron chi connectivity index (χ0n) is 10.8. The number of aromatic carboxylic acids is 2. The lowest BCUT2D eigenvalue weighted by molar-refractivity contribution is 0.0688. The molecule has 1 heterocycles. The van der Waals surface area contributed by atoms with Crippen LogP contribution in [0.5, 0.6) is 0 Å². The normalized spacial score (nSPS) is 10.1. The minimum Gasteiger partial charge on any atom is -0.478 e. The number of carbonyl (C=O) groups is 2. The lowest BCUT2D eigenvalue weighted by Gasteiger charge is -2.03. The van der Waals surface area contributed by atoms with Gasteiger partial charge in [-0.2, -0.15) is 5.26 Å². The number of nitriles is 1. The highest BCUT2D eigenvalue weighted by Crippen LogP contribution is 2.40. The van der Waals surface area contributed by atoms with Crippen LogP contribution in [0.15, 0.2) is 28.5 Å². The minimum absolute atomic E-state index is 0.0824. The summed E-state index contributed by atoms with van der Waals surface area (Å²) in [5.41, 5.74) is 1.28. The number of thiophene rings is 1. The van der Waals surface area contributed by atoms with E-state index in [1.54, 1.807) is 6.26 Å². The fourth-order valence-corrected chi connectivity index (χ4v) is 3.64. The van der Waals surface area contributed by atoms with Crippen molar-refractivity contribution in [3.05, 3.63) is 40.3 Å². The largest absolute Gasteiger partial charge is 0.478 e. The summed E-state index contributed by atoms with van der Waals surface area (Å²) >= 11 is 2.36. The summed E-state index contributed by atoms with van der Waals surface area (Å²) < 4.78 is 0.632. The summed E-state index contributed by atoms with van der Waals surface area (Å²) in [4.78, 5) is 22.3. The molecule has 0 spiro atoms. The van der Waals surface area contributed by atoms with Crippen LogP contribution in [0, 0.1) is 11.3 Å². The highest BCUT2D eigenvalue weighted by molar-refractivity contribution is 8.00. The Morgan fingerprint density at radius 1 is 1.19 bits per heavy atom. The number of hydrogen-bond acceptors (Lipinski definition) is 5. The van der Waals surface area contributed by atoms with Gasteiger partial charge in [0.1, 0.15) is 10.9 Å². The molecular formula is C14H9NO4S2. The predicted molar refractivity (Wildman–Crippen MR) is 80.2 cm³/mol. The molecule has 0 aliphatic carbocycles. The molecule has 0 amide bonds. The van der Waals surface area contributed by atoms with Gasteiger partial charge in [-0.3, -0.25) is 0 Å². The molecule has 7 heteroatoms. The smallest absolute Gasteiger partial charge is 0.346 e. The van der Waals surface area contributed by atoms with Crippen molar-refractivity contribution in [3.63, 3.8) is 0 Å². The molecule has 2 N–H and O–H groups in total. The zero-order valence-corrected chi connectivity index (χ0v) is 12.4. The third-order valence-electron chi connectivity index (χ3n) is 2.79. The fourth-order valence-electron chi connectivity index (χ4n) is 1.86. The van der Waals surface area contributed by atoms with Crippen LogP contribution in [-0.2, 0) is 0 Å². The molecule has 2 rings (SSSR count). The minimum atomic E-state index is -1.10. The van der Waals surface area contributed by atoms with Gasteiger partial charge in [-0.15, -0.1) is 23.1 Å². The highest BCUT2D eigenvalue weighted by atomic mass is 32.2. The lowest BCUT2D eigenvalue weighted by atomic mass is 10.0. The van der Waals surface area contributed by atoms with E-state index in [4.69, 9.17) is 5.11 Å². The van der Waals surface area contributed by atoms with Crippen LogP contribution in [0.4, 0.5) is 0 Å². The first-order valence-electron chi connectivity index (χ1n) is 5.67. The standard InChI is InChI=1S/C14H9NO4S2/c1-20-14-9(6-15)10(11(21-14)13(18)19)7-2-4-8(5-3-7)12(16)17/h2-5H,1H3,(H,16,17)(H,18,19). The number of rotatable bonds is 4. The number of carboxylic acids is 2. The monoisotopic (exact) mass is 319 g/mol. The van der Waals surface area contributed by atoms with Gasteiger partial charge in [0.2, 0.25) is 0 Å². The molecular weight excluding hydrogens is 310 g/mol. The van der Waals surface area contributed by atoms with Crippen LogP contribution in [0.25, 0.3) is 11.1 Å². The van der Waals surface area contributed by atoms with Crippen molar-refractivity contribution < 1.29 is 19.8 Å². The molecule has 2 aromatic rings. The number of nitrogens with zero attached hydrogens (tertiary/aromatic N) is 1. The summed E-state index contributed by atoms with van der Waals surface area (Å²) in [6.45, 7) is 0. The molecule has 0 atom stereocenters. The van der Waals surface area contributed by atoms with Crippen LogP contribution in [0.3, 0.4) is 0 Å². The third kappa shape index (κ3) is 2.77. The van der Waals surface area contributed by atoms with Crippen LogP contribution < -0.4 is 0 Å². The molecule has 1 aromatic heterocycles. The molecule has 5 nitrogen and oxygen atoms in total. The predicted octanol–water partition coefficient (Wildman–Crippen LogP) is 3.41. The van der Waals surface area contributed by atoms with Crippen molar-refractivity contribution in [1.82, 2.24) is 0 Å². The van der Waals surface area contributed by atoms with Gasteiger partial charge in [-0.1, -0.05) is 12.1 Å². The summed E-state index contributed by atoms with van der Waals surface area (Å²) in [5, 5.41) is 27.5. The Hall–Kier alpha value is -2.30. The van der Waals surface area contributed by atoms with Crippen molar-refractivity contribution in [2.45, 2.75) is 4.21 Å². The fraction of sp³-hybridized carbons (Fsp3) is 0.0714. The molecule has 0 aliphatic rings. The molecule has 0 radical (unpaired) electrons. The first kappa shape index (κ1) is 15.1. The van der Waals surface area contributed by atoms with Crippen LogP contribution in [0.1, 0.15) is 25.6 Å². The quantitative estimate of drug-likeness (QED) is 0.838. The average molecular weight is 319 g/mol. The summed E-state index contributed by atoms with van der Waals surface area (Å²) in [5.74, 6) is -2.16. The maximum Gasteiger partial charge on any atom is 0.346 e. The number of hydrogen-bond donors (Lipinski definition) is 2. The SMILES string of the molecule is CSc1sc(C(=O)O)c(-c2ccc(C(=O)O)cc2)c1C#N. The van der Waals surface area contributed by atoms with Crippen molar-refractivity contribution in [1.29, 1.82) is 5.26 Å². The van der Waals surface area contributed by atoms with Crippen LogP contribution in [-0.4, -0.2) is 28.4 Å². The van der Waals surface area contributed by atoms with Crippen molar-refractivity contribution in [2.24, 2.45) is 0 Å². The second kappa shape index (κ2) is 5.99. The summed E-state index contributed by atoms with van der Waals surface area (Å²) in [7, 11) is 0. The Balaban J connectivity index is 2.67. The highest BCUT2D eigenvalue weighted by Gasteiger charge is 2.23. The Morgan fingerprint density at radius 3 is 2.24 bits per heavy atom. The Kier molecular flexibility index (Phi) is 4.31. The van der Waals surface area contributed by atoms with Gasteiger partial charge in [-0.05, 0) is 24.0 Å². The van der Waals surface area contributed by atoms with E-state index < -0.39 is 11.9 Å². The third-order valence-corrected chi connectivity index (χ3v) is 5.09. The van der Waals surface area contributed by atoms with E-state index in [0.717, 1.165) is 11.3 Å². The molecule has 21 heavy (non-hydrogen) atoms. The maximum atomic E-state index is 11.4. The van der Waals surface area contributed by atoms with E-state index in [2.05, 4.69) is 0 Å². The molecule has 0 aliphatic heterocycles. The Morgan fingerprint density at radius 2 is 1.81 bits per heavy atom. The lowest BCUT2D eigenvalue weighted by Crippen LogP contribution is -1.98. The topological polar surface area (TPSA) is 98.4 Å². The van der Waals surface area contributed by atoms with Crippen LogP contribution >= 0.6 is 23.1 Å². The van der Waals surface area contributed by atoms with Crippen molar-refractivity contribution in [3.8, 4) is 17.2 Å². The van der Waals surface area contributed by atoms with Gasteiger partial charge >= 0.3 is 11.9 Å². The molecule has 0 bridgehead atoms. The van der Waals surface area contributed by atoms with E-state index in [0.29, 0.717) is 20.9 Å². The van der Waals surface area contributed by atoms with E-state index in [-0.39, 0.29) is 10.4 Å². The van der Waals surface area contributed by atoms with Crippen LogP contribution in [0.2, 0.25) is 0 Å². The number of benzene rings is 1. The van der Waals surface area contributed by atoms with E-state index >= 15 is 0 Å². The Bertz CT molecular complexity index is 757. The van der Waals surface area contributed by atoms with Crippen molar-refractivity contribution >= 4 is 35.0 Å². The number of carboxylic acid groups (broad SMARTS) is 2. The molecule has 0 unspecified atom stereocenters. The van der Waals surface area contributed by atoms with E-state index in [1.165, 1.54) is 36.0 Å². The molecule has 0 fully saturated rings. The Labute approximate surface area is 128 Å². The first-order valence-corrected chi connectivity index (χ1v) is 7.71. The maximum absolute atomic E-state index is 11.4. The molecule has 1 aromatic carbocycles. The van der Waals surface area contributed by atoms with Gasteiger partial charge in [0.25, 0.3) is 0 Å². The first-order chi connectivity index (χ1) is 9.99. The average Bonchev–Trinajstić information content (AvgIpc) is 2.86. The number of thioether (sulfide) groups is 1. The van der Waals surface area contributed by atoms with E-state index in [1.807, 2.05) is 6.07 Å². The van der Waals surface area contributed by atoms with E-state index in [9.17, 15) is 20.0 Å².